The molecule has 0 amide bonds. The Labute approximate surface area is 119 Å². The van der Waals surface area contributed by atoms with Gasteiger partial charge in [-0.25, -0.2) is 0 Å². The number of rotatable bonds is 2. The van der Waals surface area contributed by atoms with E-state index in [-0.39, 0.29) is 11.5 Å². The van der Waals surface area contributed by atoms with Crippen molar-refractivity contribution in [2.45, 2.75) is 46.1 Å². The lowest BCUT2D eigenvalue weighted by atomic mass is 9.94. The van der Waals surface area contributed by atoms with Crippen LogP contribution in [0.4, 0.5) is 0 Å². The lowest BCUT2D eigenvalue weighted by molar-refractivity contribution is 0.480. The minimum atomic E-state index is -0.0862. The molecule has 1 aromatic heterocycles. The molecule has 0 radical (unpaired) electrons. The van der Waals surface area contributed by atoms with Crippen molar-refractivity contribution in [3.63, 3.8) is 0 Å². The van der Waals surface area contributed by atoms with Gasteiger partial charge in [0.25, 0.3) is 0 Å². The van der Waals surface area contributed by atoms with Crippen LogP contribution >= 0.6 is 11.6 Å². The van der Waals surface area contributed by atoms with E-state index in [0.29, 0.717) is 5.28 Å². The molecule has 0 spiro atoms. The summed E-state index contributed by atoms with van der Waals surface area (Å²) in [6.07, 6.45) is 0. The number of benzene rings is 1. The van der Waals surface area contributed by atoms with E-state index in [1.807, 2.05) is 16.7 Å². The van der Waals surface area contributed by atoms with Gasteiger partial charge in [-0.15, -0.1) is 10.2 Å². The zero-order valence-corrected chi connectivity index (χ0v) is 12.9. The van der Waals surface area contributed by atoms with E-state index in [4.69, 9.17) is 11.6 Å². The predicted octanol–water partition coefficient (Wildman–Crippen LogP) is 4.15. The van der Waals surface area contributed by atoms with Crippen LogP contribution in [0.25, 0.3) is 0 Å². The third-order valence-corrected chi connectivity index (χ3v) is 3.61. The molecule has 0 aliphatic carbocycles. The Balaban J connectivity index is 2.54. The lowest BCUT2D eigenvalue weighted by Gasteiger charge is -2.24. The molecule has 0 aliphatic heterocycles. The average molecular weight is 278 g/mol. The summed E-state index contributed by atoms with van der Waals surface area (Å²) < 4.78 is 2.02. The lowest BCUT2D eigenvalue weighted by Crippen LogP contribution is -2.22. The molecule has 1 heterocycles. The van der Waals surface area contributed by atoms with Gasteiger partial charge in [0.15, 0.2) is 0 Å². The largest absolute Gasteiger partial charge is 0.294 e. The Kier molecular flexibility index (Phi) is 3.68. The first-order valence-corrected chi connectivity index (χ1v) is 6.86. The molecule has 1 unspecified atom stereocenters. The zero-order chi connectivity index (χ0) is 14.2. The van der Waals surface area contributed by atoms with Gasteiger partial charge in [-0.3, -0.25) is 4.57 Å². The van der Waals surface area contributed by atoms with Gasteiger partial charge in [-0.1, -0.05) is 45.0 Å². The normalized spacial score (nSPS) is 13.6. The quantitative estimate of drug-likeness (QED) is 0.826. The van der Waals surface area contributed by atoms with E-state index >= 15 is 0 Å². The van der Waals surface area contributed by atoms with Crippen molar-refractivity contribution in [1.82, 2.24) is 14.8 Å². The van der Waals surface area contributed by atoms with Crippen molar-refractivity contribution in [3.05, 3.63) is 46.5 Å². The molecule has 1 atom stereocenters. The highest BCUT2D eigenvalue weighted by Gasteiger charge is 2.26. The second-order valence-electron chi connectivity index (χ2n) is 5.95. The van der Waals surface area contributed by atoms with Crippen molar-refractivity contribution in [2.75, 3.05) is 0 Å². The monoisotopic (exact) mass is 277 g/mol. The average Bonchev–Trinajstić information content (AvgIpc) is 2.70. The minimum absolute atomic E-state index is 0.0862. The number of aromatic nitrogens is 3. The maximum Gasteiger partial charge on any atom is 0.225 e. The van der Waals surface area contributed by atoms with Gasteiger partial charge in [-0.2, -0.15) is 0 Å². The molecule has 0 N–H and O–H groups in total. The molecule has 0 saturated carbocycles. The van der Waals surface area contributed by atoms with Crippen LogP contribution in [0.1, 0.15) is 50.7 Å². The topological polar surface area (TPSA) is 30.7 Å². The van der Waals surface area contributed by atoms with Crippen LogP contribution in [0.15, 0.2) is 24.3 Å². The fraction of sp³-hybridized carbons (Fsp3) is 0.467. The van der Waals surface area contributed by atoms with Crippen molar-refractivity contribution in [3.8, 4) is 0 Å². The molecule has 0 fully saturated rings. The van der Waals surface area contributed by atoms with Crippen molar-refractivity contribution in [1.29, 1.82) is 0 Å². The maximum absolute atomic E-state index is 6.24. The third kappa shape index (κ3) is 2.66. The van der Waals surface area contributed by atoms with E-state index in [1.165, 1.54) is 11.1 Å². The van der Waals surface area contributed by atoms with Crippen LogP contribution in [-0.2, 0) is 5.41 Å². The highest BCUT2D eigenvalue weighted by molar-refractivity contribution is 6.28. The summed E-state index contributed by atoms with van der Waals surface area (Å²) in [5.41, 5.74) is 2.41. The zero-order valence-electron chi connectivity index (χ0n) is 12.1. The number of aryl methyl sites for hydroxylation is 1. The Hall–Kier alpha value is -1.35. The summed E-state index contributed by atoms with van der Waals surface area (Å²) in [7, 11) is 0. The predicted molar refractivity (Wildman–Crippen MR) is 78.7 cm³/mol. The molecule has 0 aliphatic rings. The van der Waals surface area contributed by atoms with Gasteiger partial charge in [0.1, 0.15) is 5.82 Å². The van der Waals surface area contributed by atoms with Crippen LogP contribution in [0.3, 0.4) is 0 Å². The van der Waals surface area contributed by atoms with Crippen LogP contribution in [0.2, 0.25) is 5.28 Å². The van der Waals surface area contributed by atoms with Crippen LogP contribution in [0.5, 0.6) is 0 Å². The van der Waals surface area contributed by atoms with E-state index in [2.05, 4.69) is 56.9 Å². The van der Waals surface area contributed by atoms with Crippen LogP contribution in [0, 0.1) is 6.92 Å². The number of hydrogen-bond acceptors (Lipinski definition) is 2. The SMILES string of the molecule is Cc1ccccc1C(C)n1c(Cl)nnc1C(C)(C)C. The Morgan fingerprint density at radius 3 is 2.37 bits per heavy atom. The van der Waals surface area contributed by atoms with Crippen LogP contribution in [-0.4, -0.2) is 14.8 Å². The molecule has 0 saturated heterocycles. The highest BCUT2D eigenvalue weighted by atomic mass is 35.5. The first-order valence-electron chi connectivity index (χ1n) is 6.48. The van der Waals surface area contributed by atoms with Gasteiger partial charge in [0, 0.05) is 5.41 Å². The van der Waals surface area contributed by atoms with E-state index in [0.717, 1.165) is 5.82 Å². The summed E-state index contributed by atoms with van der Waals surface area (Å²) in [6, 6.07) is 8.46. The molecule has 2 aromatic rings. The van der Waals surface area contributed by atoms with Gasteiger partial charge in [0.2, 0.25) is 5.28 Å². The van der Waals surface area contributed by atoms with Gasteiger partial charge >= 0.3 is 0 Å². The second-order valence-corrected chi connectivity index (χ2v) is 6.28. The molecule has 0 bridgehead atoms. The second kappa shape index (κ2) is 4.97. The van der Waals surface area contributed by atoms with Crippen molar-refractivity contribution in [2.24, 2.45) is 0 Å². The summed E-state index contributed by atoms with van der Waals surface area (Å²) in [4.78, 5) is 0. The molecule has 3 nitrogen and oxygen atoms in total. The van der Waals surface area contributed by atoms with Crippen molar-refractivity contribution < 1.29 is 0 Å². The van der Waals surface area contributed by atoms with Crippen molar-refractivity contribution >= 4 is 11.6 Å². The van der Waals surface area contributed by atoms with Gasteiger partial charge < -0.3 is 0 Å². The van der Waals surface area contributed by atoms with E-state index in [1.54, 1.807) is 0 Å². The Morgan fingerprint density at radius 1 is 1.16 bits per heavy atom. The molecule has 19 heavy (non-hydrogen) atoms. The smallest absolute Gasteiger partial charge is 0.225 e. The molecular weight excluding hydrogens is 258 g/mol. The van der Waals surface area contributed by atoms with Crippen LogP contribution < -0.4 is 0 Å². The minimum Gasteiger partial charge on any atom is -0.294 e. The fourth-order valence-electron chi connectivity index (χ4n) is 2.32. The number of halogens is 1. The third-order valence-electron chi connectivity index (χ3n) is 3.35. The molecule has 2 rings (SSSR count). The van der Waals surface area contributed by atoms with E-state index < -0.39 is 0 Å². The summed E-state index contributed by atoms with van der Waals surface area (Å²) >= 11 is 6.24. The maximum atomic E-state index is 6.24. The molecule has 4 heteroatoms. The Bertz CT molecular complexity index is 581. The standard InChI is InChI=1S/C15H20ClN3/c1-10-8-6-7-9-12(10)11(2)19-13(15(3,4)5)17-18-14(19)16/h6-9,11H,1-5H3. The summed E-state index contributed by atoms with van der Waals surface area (Å²) in [5.74, 6) is 0.910. The van der Waals surface area contributed by atoms with E-state index in [9.17, 15) is 0 Å². The number of nitrogens with zero attached hydrogens (tertiary/aromatic N) is 3. The first-order chi connectivity index (χ1) is 8.82. The molecule has 102 valence electrons. The highest BCUT2D eigenvalue weighted by Crippen LogP contribution is 2.30. The Morgan fingerprint density at radius 2 is 1.79 bits per heavy atom. The molecule has 1 aromatic carbocycles. The summed E-state index contributed by atoms with van der Waals surface area (Å²) in [6.45, 7) is 10.6. The van der Waals surface area contributed by atoms with Gasteiger partial charge in [0.05, 0.1) is 6.04 Å². The first kappa shape index (κ1) is 14.1. The fourth-order valence-corrected chi connectivity index (χ4v) is 2.59. The molecular formula is C15H20ClN3. The summed E-state index contributed by atoms with van der Waals surface area (Å²) in [5, 5.41) is 8.73. The number of hydrogen-bond donors (Lipinski definition) is 0. The van der Waals surface area contributed by atoms with Gasteiger partial charge in [-0.05, 0) is 36.6 Å².